The molecule has 0 spiro atoms. The average Bonchev–Trinajstić information content (AvgIpc) is 2.86. The van der Waals surface area contributed by atoms with Crippen LogP contribution in [0.3, 0.4) is 0 Å². The number of carbonyl (C=O) groups excluding carboxylic acids is 1. The third-order valence-electron chi connectivity index (χ3n) is 2.85. The lowest BCUT2D eigenvalue weighted by Gasteiger charge is -2.25. The number of ketones is 1. The van der Waals surface area contributed by atoms with Gasteiger partial charge in [0.1, 0.15) is 5.82 Å². The first kappa shape index (κ1) is 13.5. The van der Waals surface area contributed by atoms with Gasteiger partial charge in [-0.15, -0.1) is 11.6 Å². The monoisotopic (exact) mass is 272 g/mol. The number of hydrogen-bond acceptors (Lipinski definition) is 3. The SMILES string of the molecule is O=C(c1ccc(F)cc1)C1(CCCCl)OCCO1. The van der Waals surface area contributed by atoms with Gasteiger partial charge in [0.15, 0.2) is 0 Å². The maximum atomic E-state index is 12.8. The van der Waals surface area contributed by atoms with Crippen molar-refractivity contribution in [3.8, 4) is 0 Å². The highest BCUT2D eigenvalue weighted by atomic mass is 35.5. The Morgan fingerprint density at radius 2 is 1.89 bits per heavy atom. The fourth-order valence-corrected chi connectivity index (χ4v) is 2.10. The summed E-state index contributed by atoms with van der Waals surface area (Å²) in [5.41, 5.74) is 0.382. The van der Waals surface area contributed by atoms with Crippen molar-refractivity contribution in [3.63, 3.8) is 0 Å². The molecule has 1 fully saturated rings. The van der Waals surface area contributed by atoms with Crippen LogP contribution in [0.2, 0.25) is 0 Å². The predicted molar refractivity (Wildman–Crippen MR) is 65.3 cm³/mol. The Kier molecular flexibility index (Phi) is 4.32. The Morgan fingerprint density at radius 3 is 2.44 bits per heavy atom. The van der Waals surface area contributed by atoms with Crippen molar-refractivity contribution >= 4 is 17.4 Å². The summed E-state index contributed by atoms with van der Waals surface area (Å²) in [4.78, 5) is 12.4. The van der Waals surface area contributed by atoms with Gasteiger partial charge in [-0.1, -0.05) is 0 Å². The van der Waals surface area contributed by atoms with E-state index in [4.69, 9.17) is 21.1 Å². The number of Topliss-reactive ketones (excluding diaryl/α,β-unsaturated/α-hetero) is 1. The zero-order valence-corrected chi connectivity index (χ0v) is 10.6. The molecule has 5 heteroatoms. The van der Waals surface area contributed by atoms with Crippen LogP contribution in [-0.2, 0) is 9.47 Å². The van der Waals surface area contributed by atoms with E-state index in [0.717, 1.165) is 0 Å². The summed E-state index contributed by atoms with van der Waals surface area (Å²) in [6, 6.07) is 5.37. The number of hydrogen-bond donors (Lipinski definition) is 0. The molecule has 3 nitrogen and oxygen atoms in total. The molecule has 0 bridgehead atoms. The Hall–Kier alpha value is -0.970. The molecule has 0 unspecified atom stereocenters. The molecule has 0 saturated carbocycles. The fraction of sp³-hybridized carbons (Fsp3) is 0.462. The largest absolute Gasteiger partial charge is 0.341 e. The molecule has 0 amide bonds. The first-order chi connectivity index (χ1) is 8.68. The van der Waals surface area contributed by atoms with Gasteiger partial charge < -0.3 is 9.47 Å². The Bertz CT molecular complexity index is 413. The molecule has 1 saturated heterocycles. The van der Waals surface area contributed by atoms with Crippen molar-refractivity contribution in [2.45, 2.75) is 18.6 Å². The van der Waals surface area contributed by atoms with Crippen molar-refractivity contribution in [2.75, 3.05) is 19.1 Å². The number of carbonyl (C=O) groups is 1. The van der Waals surface area contributed by atoms with E-state index in [2.05, 4.69) is 0 Å². The lowest BCUT2D eigenvalue weighted by atomic mass is 9.99. The molecule has 1 aromatic carbocycles. The zero-order valence-electron chi connectivity index (χ0n) is 9.83. The van der Waals surface area contributed by atoms with E-state index in [9.17, 15) is 9.18 Å². The van der Waals surface area contributed by atoms with Crippen LogP contribution in [0.4, 0.5) is 4.39 Å². The summed E-state index contributed by atoms with van der Waals surface area (Å²) in [7, 11) is 0. The number of alkyl halides is 1. The number of ether oxygens (including phenoxy) is 2. The van der Waals surface area contributed by atoms with E-state index >= 15 is 0 Å². The van der Waals surface area contributed by atoms with Crippen molar-refractivity contribution in [3.05, 3.63) is 35.6 Å². The lowest BCUT2D eigenvalue weighted by molar-refractivity contribution is -0.124. The van der Waals surface area contributed by atoms with Crippen LogP contribution in [-0.4, -0.2) is 30.7 Å². The van der Waals surface area contributed by atoms with Gasteiger partial charge in [-0.2, -0.15) is 0 Å². The van der Waals surface area contributed by atoms with Crippen LogP contribution in [0.5, 0.6) is 0 Å². The summed E-state index contributed by atoms with van der Waals surface area (Å²) in [5.74, 6) is -1.46. The van der Waals surface area contributed by atoms with E-state index in [-0.39, 0.29) is 11.6 Å². The van der Waals surface area contributed by atoms with E-state index in [0.29, 0.717) is 37.5 Å². The first-order valence-corrected chi connectivity index (χ1v) is 6.36. The molecule has 98 valence electrons. The van der Waals surface area contributed by atoms with E-state index in [1.807, 2.05) is 0 Å². The summed E-state index contributed by atoms with van der Waals surface area (Å²) >= 11 is 5.64. The molecule has 1 aromatic rings. The van der Waals surface area contributed by atoms with Gasteiger partial charge in [0.25, 0.3) is 0 Å². The zero-order chi connectivity index (χ0) is 13.0. The summed E-state index contributed by atoms with van der Waals surface area (Å²) in [6.07, 6.45) is 1.03. The van der Waals surface area contributed by atoms with Gasteiger partial charge in [-0.25, -0.2) is 4.39 Å². The minimum absolute atomic E-state index is 0.273. The molecular formula is C13H14ClFO3. The topological polar surface area (TPSA) is 35.5 Å². The molecule has 0 aromatic heterocycles. The lowest BCUT2D eigenvalue weighted by Crippen LogP contribution is -2.40. The van der Waals surface area contributed by atoms with E-state index in [1.165, 1.54) is 24.3 Å². The molecule has 0 radical (unpaired) electrons. The highest BCUT2D eigenvalue weighted by Crippen LogP contribution is 2.29. The van der Waals surface area contributed by atoms with Crippen molar-refractivity contribution < 1.29 is 18.7 Å². The molecule has 0 aliphatic carbocycles. The molecule has 18 heavy (non-hydrogen) atoms. The van der Waals surface area contributed by atoms with Crippen molar-refractivity contribution in [1.29, 1.82) is 0 Å². The van der Waals surface area contributed by atoms with Crippen LogP contribution in [0.15, 0.2) is 24.3 Å². The minimum Gasteiger partial charge on any atom is -0.341 e. The Balaban J connectivity index is 2.20. The van der Waals surface area contributed by atoms with Crippen LogP contribution in [0, 0.1) is 5.82 Å². The summed E-state index contributed by atoms with van der Waals surface area (Å²) < 4.78 is 23.8. The predicted octanol–water partition coefficient (Wildman–Crippen LogP) is 2.77. The van der Waals surface area contributed by atoms with E-state index in [1.54, 1.807) is 0 Å². The summed E-state index contributed by atoms with van der Waals surface area (Å²) in [5, 5.41) is 0. The minimum atomic E-state index is -1.24. The first-order valence-electron chi connectivity index (χ1n) is 5.82. The second kappa shape index (κ2) is 5.78. The molecule has 0 N–H and O–H groups in total. The molecule has 1 heterocycles. The van der Waals surface area contributed by atoms with E-state index < -0.39 is 5.79 Å². The Labute approximate surface area is 110 Å². The van der Waals surface area contributed by atoms with Gasteiger partial charge in [-0.05, 0) is 30.7 Å². The normalized spacial score (nSPS) is 17.9. The van der Waals surface area contributed by atoms with Gasteiger partial charge in [0, 0.05) is 17.9 Å². The molecule has 2 rings (SSSR count). The molecule has 1 aliphatic heterocycles. The highest BCUT2D eigenvalue weighted by Gasteiger charge is 2.44. The van der Waals surface area contributed by atoms with Crippen LogP contribution >= 0.6 is 11.6 Å². The third-order valence-corrected chi connectivity index (χ3v) is 3.11. The molecule has 0 atom stereocenters. The van der Waals surface area contributed by atoms with Crippen LogP contribution in [0.25, 0.3) is 0 Å². The van der Waals surface area contributed by atoms with Gasteiger partial charge in [0.05, 0.1) is 13.2 Å². The second-order valence-corrected chi connectivity index (χ2v) is 4.46. The standard InChI is InChI=1S/C13H14ClFO3/c14-7-1-6-13(17-8-9-18-13)12(16)10-2-4-11(15)5-3-10/h2-5H,1,6-9H2. The van der Waals surface area contributed by atoms with Crippen LogP contribution in [0.1, 0.15) is 23.2 Å². The third kappa shape index (κ3) is 2.71. The number of benzene rings is 1. The maximum Gasteiger partial charge on any atom is 0.233 e. The maximum absolute atomic E-state index is 12.8. The number of rotatable bonds is 5. The highest BCUT2D eigenvalue weighted by molar-refractivity contribution is 6.17. The number of halogens is 2. The van der Waals surface area contributed by atoms with Gasteiger partial charge in [-0.3, -0.25) is 4.79 Å². The smallest absolute Gasteiger partial charge is 0.233 e. The molecule has 1 aliphatic rings. The Morgan fingerprint density at radius 1 is 1.28 bits per heavy atom. The van der Waals surface area contributed by atoms with Gasteiger partial charge >= 0.3 is 0 Å². The summed E-state index contributed by atoms with van der Waals surface area (Å²) in [6.45, 7) is 0.768. The second-order valence-electron chi connectivity index (χ2n) is 4.08. The van der Waals surface area contributed by atoms with Gasteiger partial charge in [0.2, 0.25) is 11.6 Å². The quantitative estimate of drug-likeness (QED) is 0.611. The fourth-order valence-electron chi connectivity index (χ4n) is 1.96. The molecular weight excluding hydrogens is 259 g/mol. The van der Waals surface area contributed by atoms with Crippen LogP contribution < -0.4 is 0 Å². The van der Waals surface area contributed by atoms with Crippen molar-refractivity contribution in [1.82, 2.24) is 0 Å². The van der Waals surface area contributed by atoms with Crippen molar-refractivity contribution in [2.24, 2.45) is 0 Å². The average molecular weight is 273 g/mol.